The lowest BCUT2D eigenvalue weighted by molar-refractivity contribution is -0.130. The number of rotatable bonds is 7. The third kappa shape index (κ3) is 3.95. The summed E-state index contributed by atoms with van der Waals surface area (Å²) in [4.78, 5) is 12.3. The Morgan fingerprint density at radius 3 is 2.72 bits per heavy atom. The molecule has 0 aromatic carbocycles. The van der Waals surface area contributed by atoms with Gasteiger partial charge in [0.15, 0.2) is 0 Å². The molecule has 1 saturated heterocycles. The summed E-state index contributed by atoms with van der Waals surface area (Å²) in [5, 5.41) is 6.43. The maximum absolute atomic E-state index is 12.3. The second kappa shape index (κ2) is 6.53. The van der Waals surface area contributed by atoms with Crippen molar-refractivity contribution >= 4 is 5.91 Å². The largest absolute Gasteiger partial charge is 0.385 e. The monoisotopic (exact) mass is 256 g/mol. The molecule has 4 heteroatoms. The molecular weight excluding hydrogens is 228 g/mol. The van der Waals surface area contributed by atoms with Crippen molar-refractivity contribution in [3.63, 3.8) is 0 Å². The molecule has 0 aromatic heterocycles. The highest BCUT2D eigenvalue weighted by atomic mass is 16.5. The van der Waals surface area contributed by atoms with E-state index in [1.807, 2.05) is 0 Å². The summed E-state index contributed by atoms with van der Waals surface area (Å²) in [5.74, 6) is 0.209. The van der Waals surface area contributed by atoms with Gasteiger partial charge in [-0.3, -0.25) is 4.79 Å². The Kier molecular flexibility index (Phi) is 5.60. The molecule has 18 heavy (non-hydrogen) atoms. The van der Waals surface area contributed by atoms with Crippen LogP contribution >= 0.6 is 0 Å². The van der Waals surface area contributed by atoms with Crippen LogP contribution in [-0.2, 0) is 9.53 Å². The zero-order chi connectivity index (χ0) is 13.6. The normalized spacial score (nSPS) is 24.2. The minimum absolute atomic E-state index is 0.0899. The van der Waals surface area contributed by atoms with Gasteiger partial charge in [0.1, 0.15) is 0 Å². The maximum Gasteiger partial charge on any atom is 0.227 e. The number of nitrogens with one attached hydrogen (secondary N) is 2. The molecule has 1 fully saturated rings. The van der Waals surface area contributed by atoms with Crippen molar-refractivity contribution in [3.8, 4) is 0 Å². The Hall–Kier alpha value is -0.610. The minimum Gasteiger partial charge on any atom is -0.385 e. The predicted octanol–water partition coefficient (Wildman–Crippen LogP) is 1.56. The summed E-state index contributed by atoms with van der Waals surface area (Å²) >= 11 is 0. The van der Waals surface area contributed by atoms with Crippen LogP contribution < -0.4 is 10.6 Å². The number of carbonyl (C=O) groups is 1. The third-order valence-corrected chi connectivity index (χ3v) is 4.11. The van der Waals surface area contributed by atoms with E-state index < -0.39 is 0 Å². The summed E-state index contributed by atoms with van der Waals surface area (Å²) in [6.45, 7) is 9.65. The van der Waals surface area contributed by atoms with E-state index in [0.717, 1.165) is 45.5 Å². The molecule has 1 heterocycles. The highest BCUT2D eigenvalue weighted by molar-refractivity contribution is 5.83. The Labute approximate surface area is 111 Å². The van der Waals surface area contributed by atoms with E-state index >= 15 is 0 Å². The fourth-order valence-electron chi connectivity index (χ4n) is 2.37. The molecule has 1 unspecified atom stereocenters. The number of carbonyl (C=O) groups excluding carboxylic acids is 1. The standard InChI is InChI=1S/C14H28N2O2/c1-5-14(6-8-15-11-14)12(17)16-10-13(2,3)7-9-18-4/h15H,5-11H2,1-4H3,(H,16,17). The number of amides is 1. The fourth-order valence-corrected chi connectivity index (χ4v) is 2.37. The molecule has 0 saturated carbocycles. The van der Waals surface area contributed by atoms with Gasteiger partial charge in [-0.1, -0.05) is 20.8 Å². The molecule has 1 rings (SSSR count). The molecule has 1 aliphatic rings. The summed E-state index contributed by atoms with van der Waals surface area (Å²) < 4.78 is 5.10. The SMILES string of the molecule is CCC1(C(=O)NCC(C)(C)CCOC)CCNC1. The van der Waals surface area contributed by atoms with E-state index in [1.165, 1.54) is 0 Å². The summed E-state index contributed by atoms with van der Waals surface area (Å²) in [5.41, 5.74) is -0.0933. The van der Waals surface area contributed by atoms with Crippen LogP contribution in [0.2, 0.25) is 0 Å². The van der Waals surface area contributed by atoms with Crippen molar-refractivity contribution in [1.29, 1.82) is 0 Å². The first-order valence-electron chi connectivity index (χ1n) is 6.94. The Balaban J connectivity index is 2.44. The topological polar surface area (TPSA) is 50.4 Å². The molecule has 0 bridgehead atoms. The maximum atomic E-state index is 12.3. The van der Waals surface area contributed by atoms with Crippen LogP contribution in [0.1, 0.15) is 40.0 Å². The van der Waals surface area contributed by atoms with Crippen molar-refractivity contribution < 1.29 is 9.53 Å². The lowest BCUT2D eigenvalue weighted by Crippen LogP contribution is -2.45. The predicted molar refractivity (Wildman–Crippen MR) is 73.5 cm³/mol. The lowest BCUT2D eigenvalue weighted by atomic mass is 9.82. The first-order valence-corrected chi connectivity index (χ1v) is 6.94. The zero-order valence-corrected chi connectivity index (χ0v) is 12.3. The zero-order valence-electron chi connectivity index (χ0n) is 12.3. The van der Waals surface area contributed by atoms with Crippen LogP contribution in [-0.4, -0.2) is 39.3 Å². The quantitative estimate of drug-likeness (QED) is 0.727. The van der Waals surface area contributed by atoms with Gasteiger partial charge in [-0.15, -0.1) is 0 Å². The van der Waals surface area contributed by atoms with Crippen LogP contribution in [0, 0.1) is 10.8 Å². The lowest BCUT2D eigenvalue weighted by Gasteiger charge is -2.29. The van der Waals surface area contributed by atoms with Gasteiger partial charge in [-0.05, 0) is 31.2 Å². The molecule has 1 atom stereocenters. The third-order valence-electron chi connectivity index (χ3n) is 4.11. The Morgan fingerprint density at radius 2 is 2.22 bits per heavy atom. The Morgan fingerprint density at radius 1 is 1.50 bits per heavy atom. The molecule has 1 amide bonds. The van der Waals surface area contributed by atoms with Crippen LogP contribution in [0.15, 0.2) is 0 Å². The van der Waals surface area contributed by atoms with E-state index in [2.05, 4.69) is 31.4 Å². The van der Waals surface area contributed by atoms with Gasteiger partial charge in [-0.25, -0.2) is 0 Å². The number of hydrogen-bond acceptors (Lipinski definition) is 3. The first kappa shape index (κ1) is 15.4. The summed E-state index contributed by atoms with van der Waals surface area (Å²) in [7, 11) is 1.71. The van der Waals surface area contributed by atoms with E-state index in [1.54, 1.807) is 7.11 Å². The van der Waals surface area contributed by atoms with Gasteiger partial charge >= 0.3 is 0 Å². The molecular formula is C14H28N2O2. The minimum atomic E-state index is -0.183. The van der Waals surface area contributed by atoms with Crippen molar-refractivity contribution in [2.24, 2.45) is 10.8 Å². The average Bonchev–Trinajstić information content (AvgIpc) is 2.83. The summed E-state index contributed by atoms with van der Waals surface area (Å²) in [6, 6.07) is 0. The van der Waals surface area contributed by atoms with Gasteiger partial charge in [0, 0.05) is 26.8 Å². The van der Waals surface area contributed by atoms with Gasteiger partial charge in [0.25, 0.3) is 0 Å². The number of methoxy groups -OCH3 is 1. The van der Waals surface area contributed by atoms with Crippen LogP contribution in [0.5, 0.6) is 0 Å². The highest BCUT2D eigenvalue weighted by Crippen LogP contribution is 2.30. The molecule has 1 aliphatic heterocycles. The molecule has 106 valence electrons. The number of ether oxygens (including phenoxy) is 1. The van der Waals surface area contributed by atoms with Crippen molar-refractivity contribution in [1.82, 2.24) is 10.6 Å². The van der Waals surface area contributed by atoms with Crippen LogP contribution in [0.25, 0.3) is 0 Å². The molecule has 4 nitrogen and oxygen atoms in total. The average molecular weight is 256 g/mol. The number of hydrogen-bond donors (Lipinski definition) is 2. The molecule has 0 aliphatic carbocycles. The van der Waals surface area contributed by atoms with Crippen LogP contribution in [0.3, 0.4) is 0 Å². The fraction of sp³-hybridized carbons (Fsp3) is 0.929. The van der Waals surface area contributed by atoms with Gasteiger partial charge < -0.3 is 15.4 Å². The molecule has 0 spiro atoms. The van der Waals surface area contributed by atoms with Crippen molar-refractivity contribution in [2.45, 2.75) is 40.0 Å². The van der Waals surface area contributed by atoms with Crippen LogP contribution in [0.4, 0.5) is 0 Å². The second-order valence-corrected chi connectivity index (χ2v) is 6.15. The van der Waals surface area contributed by atoms with E-state index in [4.69, 9.17) is 4.74 Å². The van der Waals surface area contributed by atoms with E-state index in [0.29, 0.717) is 0 Å². The van der Waals surface area contributed by atoms with Crippen molar-refractivity contribution in [3.05, 3.63) is 0 Å². The van der Waals surface area contributed by atoms with E-state index in [9.17, 15) is 4.79 Å². The van der Waals surface area contributed by atoms with Gasteiger partial charge in [-0.2, -0.15) is 0 Å². The smallest absolute Gasteiger partial charge is 0.227 e. The molecule has 0 aromatic rings. The van der Waals surface area contributed by atoms with Gasteiger partial charge in [0.05, 0.1) is 5.41 Å². The molecule has 2 N–H and O–H groups in total. The highest BCUT2D eigenvalue weighted by Gasteiger charge is 2.39. The molecule has 0 radical (unpaired) electrons. The second-order valence-electron chi connectivity index (χ2n) is 6.15. The summed E-state index contributed by atoms with van der Waals surface area (Å²) in [6.07, 6.45) is 2.82. The van der Waals surface area contributed by atoms with Crippen molar-refractivity contribution in [2.75, 3.05) is 33.4 Å². The van der Waals surface area contributed by atoms with Gasteiger partial charge in [0.2, 0.25) is 5.91 Å². The first-order chi connectivity index (χ1) is 8.46. The van der Waals surface area contributed by atoms with E-state index in [-0.39, 0.29) is 16.7 Å². The Bertz CT molecular complexity index is 271.